The normalized spacial score (nSPS) is 35.2. The molecule has 3 heterocycles. The van der Waals surface area contributed by atoms with Crippen molar-refractivity contribution in [3.8, 4) is 0 Å². The summed E-state index contributed by atoms with van der Waals surface area (Å²) in [5.74, 6) is 0.626. The first-order valence-electron chi connectivity index (χ1n) is 6.71. The second-order valence-corrected chi connectivity index (χ2v) is 5.73. The molecule has 3 aliphatic heterocycles. The van der Waals surface area contributed by atoms with Gasteiger partial charge in [0.15, 0.2) is 0 Å². The Balaban J connectivity index is 1.51. The van der Waals surface area contributed by atoms with Crippen molar-refractivity contribution in [3.05, 3.63) is 11.8 Å². The topological polar surface area (TPSA) is 9.72 Å². The van der Waals surface area contributed by atoms with E-state index < -0.39 is 6.17 Å². The van der Waals surface area contributed by atoms with Crippen molar-refractivity contribution in [1.29, 1.82) is 0 Å². The quantitative estimate of drug-likeness (QED) is 0.705. The van der Waals surface area contributed by atoms with E-state index in [2.05, 4.69) is 27.8 Å². The van der Waals surface area contributed by atoms with Gasteiger partial charge in [-0.15, -0.1) is 0 Å². The van der Waals surface area contributed by atoms with Gasteiger partial charge in [-0.1, -0.05) is 6.08 Å². The number of alkyl halides is 1. The first kappa shape index (κ1) is 11.5. The van der Waals surface area contributed by atoms with E-state index in [4.69, 9.17) is 0 Å². The van der Waals surface area contributed by atoms with E-state index in [0.717, 1.165) is 13.1 Å². The van der Waals surface area contributed by atoms with E-state index in [1.807, 2.05) is 0 Å². The number of fused-ring (bicyclic) bond motifs is 1. The molecule has 2 atom stereocenters. The number of halogens is 1. The molecule has 0 aromatic heterocycles. The minimum atomic E-state index is -0.620. The molecule has 2 saturated heterocycles. The zero-order chi connectivity index (χ0) is 11.8. The minimum absolute atomic E-state index is 0.620. The van der Waals surface area contributed by atoms with Crippen molar-refractivity contribution in [1.82, 2.24) is 14.7 Å². The third-order valence-electron chi connectivity index (χ3n) is 4.23. The van der Waals surface area contributed by atoms with E-state index in [9.17, 15) is 4.39 Å². The van der Waals surface area contributed by atoms with Crippen LogP contribution in [-0.4, -0.2) is 73.7 Å². The Morgan fingerprint density at radius 2 is 2.00 bits per heavy atom. The lowest BCUT2D eigenvalue weighted by molar-refractivity contribution is 0.139. The SMILES string of the molecule is CN1CCN(C[C@H]2C=C3C[C@@H](F)CN3C2)CC1. The van der Waals surface area contributed by atoms with Crippen molar-refractivity contribution in [2.24, 2.45) is 5.92 Å². The highest BCUT2D eigenvalue weighted by molar-refractivity contribution is 5.17. The Bertz CT molecular complexity index is 310. The van der Waals surface area contributed by atoms with Crippen molar-refractivity contribution in [3.63, 3.8) is 0 Å². The van der Waals surface area contributed by atoms with E-state index in [0.29, 0.717) is 18.9 Å². The predicted molar refractivity (Wildman–Crippen MR) is 66.6 cm³/mol. The number of allylic oxidation sites excluding steroid dienone is 1. The van der Waals surface area contributed by atoms with Crippen LogP contribution in [0.3, 0.4) is 0 Å². The molecule has 0 radical (unpaired) electrons. The highest BCUT2D eigenvalue weighted by Crippen LogP contribution is 2.31. The molecule has 17 heavy (non-hydrogen) atoms. The largest absolute Gasteiger partial charge is 0.371 e. The predicted octanol–water partition coefficient (Wildman–Crippen LogP) is 0.791. The average molecular weight is 239 g/mol. The molecule has 3 rings (SSSR count). The number of hydrogen-bond donors (Lipinski definition) is 0. The van der Waals surface area contributed by atoms with Crippen molar-refractivity contribution < 1.29 is 4.39 Å². The Morgan fingerprint density at radius 1 is 1.24 bits per heavy atom. The molecular weight excluding hydrogens is 217 g/mol. The summed E-state index contributed by atoms with van der Waals surface area (Å²) in [6, 6.07) is 0. The molecular formula is C13H22FN3. The first-order chi connectivity index (χ1) is 8.20. The van der Waals surface area contributed by atoms with Crippen molar-refractivity contribution >= 4 is 0 Å². The molecule has 3 aliphatic rings. The van der Waals surface area contributed by atoms with Crippen molar-refractivity contribution in [2.75, 3.05) is 52.9 Å². The average Bonchev–Trinajstić information content (AvgIpc) is 2.78. The summed E-state index contributed by atoms with van der Waals surface area (Å²) in [5, 5.41) is 0. The van der Waals surface area contributed by atoms with Crippen molar-refractivity contribution in [2.45, 2.75) is 12.6 Å². The van der Waals surface area contributed by atoms with E-state index in [1.54, 1.807) is 0 Å². The number of rotatable bonds is 2. The fourth-order valence-electron chi connectivity index (χ4n) is 3.22. The van der Waals surface area contributed by atoms with Gasteiger partial charge in [0.2, 0.25) is 0 Å². The second-order valence-electron chi connectivity index (χ2n) is 5.73. The molecule has 0 N–H and O–H groups in total. The number of piperazine rings is 1. The lowest BCUT2D eigenvalue weighted by Crippen LogP contribution is -2.46. The third kappa shape index (κ3) is 2.47. The number of likely N-dealkylation sites (N-methyl/N-ethyl adjacent to an activating group) is 1. The number of nitrogens with zero attached hydrogens (tertiary/aromatic N) is 3. The molecule has 0 aliphatic carbocycles. The standard InChI is InChI=1S/C13H22FN3/c1-15-2-4-16(5-3-15)8-11-6-13-7-12(14)10-17(13)9-11/h6,11-12H,2-5,7-10H2,1H3/t11-,12-/m1/s1. The summed E-state index contributed by atoms with van der Waals surface area (Å²) in [6.07, 6.45) is 2.35. The summed E-state index contributed by atoms with van der Waals surface area (Å²) in [4.78, 5) is 7.18. The molecule has 2 fully saturated rings. The third-order valence-corrected chi connectivity index (χ3v) is 4.23. The van der Waals surface area contributed by atoms with Crippen LogP contribution in [0.1, 0.15) is 6.42 Å². The number of hydrogen-bond acceptors (Lipinski definition) is 3. The summed E-state index contributed by atoms with van der Waals surface area (Å²) in [7, 11) is 2.19. The van der Waals surface area contributed by atoms with Gasteiger partial charge in [0.25, 0.3) is 0 Å². The molecule has 3 nitrogen and oxygen atoms in total. The van der Waals surface area contributed by atoms with Gasteiger partial charge in [0.1, 0.15) is 6.17 Å². The molecule has 0 amide bonds. The van der Waals surface area contributed by atoms with Gasteiger partial charge < -0.3 is 14.7 Å². The Labute approximate surface area is 103 Å². The van der Waals surface area contributed by atoms with Gasteiger partial charge in [-0.05, 0) is 7.05 Å². The molecule has 0 aromatic carbocycles. The second kappa shape index (κ2) is 4.58. The Hall–Kier alpha value is -0.610. The monoisotopic (exact) mass is 239 g/mol. The molecule has 4 heteroatoms. The summed E-state index contributed by atoms with van der Waals surface area (Å²) in [6.45, 7) is 7.56. The van der Waals surface area contributed by atoms with Crippen LogP contribution in [0.2, 0.25) is 0 Å². The summed E-state index contributed by atoms with van der Waals surface area (Å²) in [5.41, 5.74) is 1.26. The van der Waals surface area contributed by atoms with Gasteiger partial charge in [0, 0.05) is 63.8 Å². The van der Waals surface area contributed by atoms with Gasteiger partial charge in [0.05, 0.1) is 0 Å². The van der Waals surface area contributed by atoms with E-state index >= 15 is 0 Å². The van der Waals surface area contributed by atoms with Crippen LogP contribution in [0.4, 0.5) is 4.39 Å². The van der Waals surface area contributed by atoms with Crippen LogP contribution in [0.25, 0.3) is 0 Å². The molecule has 0 aromatic rings. The molecule has 0 bridgehead atoms. The van der Waals surface area contributed by atoms with Gasteiger partial charge in [-0.2, -0.15) is 0 Å². The van der Waals surface area contributed by atoms with E-state index in [-0.39, 0.29) is 0 Å². The Morgan fingerprint density at radius 3 is 2.71 bits per heavy atom. The fraction of sp³-hybridized carbons (Fsp3) is 0.846. The van der Waals surface area contributed by atoms with Crippen LogP contribution >= 0.6 is 0 Å². The molecule has 0 spiro atoms. The maximum absolute atomic E-state index is 13.2. The summed E-state index contributed by atoms with van der Waals surface area (Å²) >= 11 is 0. The zero-order valence-corrected chi connectivity index (χ0v) is 10.6. The van der Waals surface area contributed by atoms with Gasteiger partial charge in [-0.25, -0.2) is 4.39 Å². The molecule has 0 saturated carbocycles. The van der Waals surface area contributed by atoms with Gasteiger partial charge in [-0.3, -0.25) is 0 Å². The fourth-order valence-corrected chi connectivity index (χ4v) is 3.22. The first-order valence-corrected chi connectivity index (χ1v) is 6.71. The summed E-state index contributed by atoms with van der Waals surface area (Å²) < 4.78 is 13.2. The maximum Gasteiger partial charge on any atom is 0.123 e. The lowest BCUT2D eigenvalue weighted by Gasteiger charge is -2.33. The van der Waals surface area contributed by atoms with Crippen LogP contribution < -0.4 is 0 Å². The molecule has 96 valence electrons. The van der Waals surface area contributed by atoms with Crippen LogP contribution in [-0.2, 0) is 0 Å². The maximum atomic E-state index is 13.2. The minimum Gasteiger partial charge on any atom is -0.371 e. The smallest absolute Gasteiger partial charge is 0.123 e. The highest BCUT2D eigenvalue weighted by Gasteiger charge is 2.33. The van der Waals surface area contributed by atoms with Crippen LogP contribution in [0.15, 0.2) is 11.8 Å². The van der Waals surface area contributed by atoms with Crippen LogP contribution in [0, 0.1) is 5.92 Å². The zero-order valence-electron chi connectivity index (χ0n) is 10.6. The molecule has 0 unspecified atom stereocenters. The Kier molecular flexibility index (Phi) is 3.09. The lowest BCUT2D eigenvalue weighted by atomic mass is 10.1. The van der Waals surface area contributed by atoms with Crippen LogP contribution in [0.5, 0.6) is 0 Å². The highest BCUT2D eigenvalue weighted by atomic mass is 19.1. The van der Waals surface area contributed by atoms with E-state index in [1.165, 1.54) is 31.9 Å². The van der Waals surface area contributed by atoms with Gasteiger partial charge >= 0.3 is 0 Å².